The molecule has 1 saturated heterocycles. The Hall–Kier alpha value is -2.82. The lowest BCUT2D eigenvalue weighted by molar-refractivity contribution is -0.139. The number of aromatic nitrogens is 1. The van der Waals surface area contributed by atoms with Crippen LogP contribution in [-0.4, -0.2) is 58.6 Å². The molecule has 40 heavy (non-hydrogen) atoms. The summed E-state index contributed by atoms with van der Waals surface area (Å²) in [5.74, 6) is 0.704. The Morgan fingerprint density at radius 3 is 2.77 bits per heavy atom. The van der Waals surface area contributed by atoms with Gasteiger partial charge < -0.3 is 19.8 Å². The summed E-state index contributed by atoms with van der Waals surface area (Å²) in [6.07, 6.45) is -0.421. The number of piperidine rings is 1. The summed E-state index contributed by atoms with van der Waals surface area (Å²) in [5, 5.41) is 21.5. The molecule has 2 aromatic carbocycles. The van der Waals surface area contributed by atoms with Crippen molar-refractivity contribution in [2.24, 2.45) is 11.8 Å². The lowest BCUT2D eigenvalue weighted by atomic mass is 9.79. The molecule has 3 atom stereocenters. The molecule has 216 valence electrons. The molecule has 1 fully saturated rings. The maximum absolute atomic E-state index is 13.0. The molecule has 2 N–H and O–H groups in total. The largest absolute Gasteiger partial charge is 0.497 e. The van der Waals surface area contributed by atoms with Crippen molar-refractivity contribution in [2.45, 2.75) is 49.3 Å². The zero-order valence-corrected chi connectivity index (χ0v) is 23.3. The smallest absolute Gasteiger partial charge is 0.416 e. The van der Waals surface area contributed by atoms with E-state index in [1.54, 1.807) is 19.4 Å². The summed E-state index contributed by atoms with van der Waals surface area (Å²) in [5.41, 5.74) is 0.924. The predicted octanol–water partition coefficient (Wildman–Crippen LogP) is 6.67. The Morgan fingerprint density at radius 1 is 1.20 bits per heavy atom. The lowest BCUT2D eigenvalue weighted by Gasteiger charge is -2.38. The van der Waals surface area contributed by atoms with Crippen LogP contribution in [0.3, 0.4) is 0 Å². The SMILES string of the molecule is COc1ccc2nccc([C@@H](O)CC[C@@H]3CCN(CCCSc4cccc(C(F)(F)F)c4)C[C@@H]3CC(=O)O)c2c1. The molecule has 4 rings (SSSR count). The molecule has 0 unspecified atom stereocenters. The average molecular weight is 577 g/mol. The van der Waals surface area contributed by atoms with Gasteiger partial charge in [-0.2, -0.15) is 13.2 Å². The van der Waals surface area contributed by atoms with Gasteiger partial charge in [-0.25, -0.2) is 0 Å². The van der Waals surface area contributed by atoms with Gasteiger partial charge in [0.05, 0.1) is 24.3 Å². The van der Waals surface area contributed by atoms with Crippen molar-refractivity contribution in [1.82, 2.24) is 9.88 Å². The number of rotatable bonds is 12. The highest BCUT2D eigenvalue weighted by atomic mass is 32.2. The van der Waals surface area contributed by atoms with Crippen LogP contribution in [0.2, 0.25) is 0 Å². The molecular formula is C30H35F3N2O4S. The van der Waals surface area contributed by atoms with Gasteiger partial charge in [-0.15, -0.1) is 11.8 Å². The highest BCUT2D eigenvalue weighted by Gasteiger charge is 2.32. The minimum Gasteiger partial charge on any atom is -0.497 e. The van der Waals surface area contributed by atoms with Crippen LogP contribution in [0.15, 0.2) is 59.6 Å². The van der Waals surface area contributed by atoms with Crippen molar-refractivity contribution < 1.29 is 32.9 Å². The number of hydrogen-bond acceptors (Lipinski definition) is 6. The topological polar surface area (TPSA) is 82.9 Å². The minimum atomic E-state index is -4.35. The van der Waals surface area contributed by atoms with Gasteiger partial charge in [-0.05, 0) is 104 Å². The molecule has 1 aliphatic rings. The van der Waals surface area contributed by atoms with Crippen LogP contribution in [-0.2, 0) is 11.0 Å². The van der Waals surface area contributed by atoms with E-state index in [-0.39, 0.29) is 18.3 Å². The van der Waals surface area contributed by atoms with Gasteiger partial charge in [-0.3, -0.25) is 9.78 Å². The highest BCUT2D eigenvalue weighted by molar-refractivity contribution is 7.99. The van der Waals surface area contributed by atoms with E-state index in [4.69, 9.17) is 4.74 Å². The molecule has 1 aliphatic heterocycles. The summed E-state index contributed by atoms with van der Waals surface area (Å²) in [6, 6.07) is 12.8. The van der Waals surface area contributed by atoms with E-state index in [2.05, 4.69) is 9.88 Å². The third kappa shape index (κ3) is 8.11. The van der Waals surface area contributed by atoms with Gasteiger partial charge in [0.15, 0.2) is 0 Å². The first kappa shape index (κ1) is 30.1. The number of ether oxygens (including phenoxy) is 1. The summed E-state index contributed by atoms with van der Waals surface area (Å²) in [4.78, 5) is 18.9. The second-order valence-electron chi connectivity index (χ2n) is 10.3. The molecule has 0 radical (unpaired) electrons. The Morgan fingerprint density at radius 2 is 2.02 bits per heavy atom. The summed E-state index contributed by atoms with van der Waals surface area (Å²) in [7, 11) is 1.60. The number of nitrogens with zero attached hydrogens (tertiary/aromatic N) is 2. The maximum Gasteiger partial charge on any atom is 0.416 e. The van der Waals surface area contributed by atoms with Crippen LogP contribution in [0.5, 0.6) is 5.75 Å². The van der Waals surface area contributed by atoms with E-state index >= 15 is 0 Å². The first-order valence-electron chi connectivity index (χ1n) is 13.5. The number of aliphatic hydroxyl groups excluding tert-OH is 1. The van der Waals surface area contributed by atoms with E-state index in [1.807, 2.05) is 24.3 Å². The molecule has 0 aliphatic carbocycles. The number of likely N-dealkylation sites (tertiary alicyclic amines) is 1. The van der Waals surface area contributed by atoms with Gasteiger partial charge in [0, 0.05) is 29.4 Å². The second kappa shape index (κ2) is 13.7. The molecule has 0 bridgehead atoms. The predicted molar refractivity (Wildman–Crippen MR) is 150 cm³/mol. The number of alkyl halides is 3. The molecule has 0 saturated carbocycles. The zero-order chi connectivity index (χ0) is 28.7. The van der Waals surface area contributed by atoms with Gasteiger partial charge in [0.25, 0.3) is 0 Å². The number of methoxy groups -OCH3 is 1. The van der Waals surface area contributed by atoms with E-state index in [0.29, 0.717) is 35.8 Å². The number of carboxylic acid groups (broad SMARTS) is 1. The Labute approximate surface area is 236 Å². The first-order chi connectivity index (χ1) is 19.1. The van der Waals surface area contributed by atoms with E-state index < -0.39 is 23.8 Å². The second-order valence-corrected chi connectivity index (χ2v) is 11.5. The number of carbonyl (C=O) groups is 1. The van der Waals surface area contributed by atoms with Gasteiger partial charge in [0.2, 0.25) is 0 Å². The summed E-state index contributed by atoms with van der Waals surface area (Å²) < 4.78 is 44.2. The van der Waals surface area contributed by atoms with Crippen molar-refractivity contribution in [3.05, 3.63) is 65.9 Å². The fourth-order valence-corrected chi connectivity index (χ4v) is 6.42. The number of halogens is 3. The monoisotopic (exact) mass is 576 g/mol. The molecule has 0 amide bonds. The van der Waals surface area contributed by atoms with Gasteiger partial charge in [0.1, 0.15) is 5.75 Å². The number of hydrogen-bond donors (Lipinski definition) is 2. The summed E-state index contributed by atoms with van der Waals surface area (Å²) in [6.45, 7) is 2.26. The Bertz CT molecular complexity index is 1290. The molecular weight excluding hydrogens is 541 g/mol. The highest BCUT2D eigenvalue weighted by Crippen LogP contribution is 2.35. The van der Waals surface area contributed by atoms with Crippen LogP contribution in [0.4, 0.5) is 13.2 Å². The molecule has 6 nitrogen and oxygen atoms in total. The lowest BCUT2D eigenvalue weighted by Crippen LogP contribution is -2.42. The van der Waals surface area contributed by atoms with Crippen LogP contribution < -0.4 is 4.74 Å². The molecule has 2 heterocycles. The fraction of sp³-hybridized carbons (Fsp3) is 0.467. The average Bonchev–Trinajstić information content (AvgIpc) is 2.93. The number of carboxylic acids is 1. The van der Waals surface area contributed by atoms with Crippen LogP contribution >= 0.6 is 11.8 Å². The number of thioether (sulfide) groups is 1. The van der Waals surface area contributed by atoms with Crippen molar-refractivity contribution in [3.63, 3.8) is 0 Å². The van der Waals surface area contributed by atoms with Crippen LogP contribution in [0, 0.1) is 11.8 Å². The third-order valence-corrected chi connectivity index (χ3v) is 8.69. The maximum atomic E-state index is 13.0. The normalized spacial score (nSPS) is 19.0. The molecule has 0 spiro atoms. The van der Waals surface area contributed by atoms with Crippen LogP contribution in [0.1, 0.15) is 49.3 Å². The number of pyridine rings is 1. The van der Waals surface area contributed by atoms with Crippen molar-refractivity contribution >= 4 is 28.6 Å². The van der Waals surface area contributed by atoms with E-state index in [0.717, 1.165) is 48.5 Å². The Kier molecular flexibility index (Phi) is 10.3. The van der Waals surface area contributed by atoms with Crippen molar-refractivity contribution in [3.8, 4) is 5.75 Å². The summed E-state index contributed by atoms with van der Waals surface area (Å²) >= 11 is 1.40. The van der Waals surface area contributed by atoms with E-state index in [9.17, 15) is 28.2 Å². The zero-order valence-electron chi connectivity index (χ0n) is 22.4. The molecule has 3 aromatic rings. The minimum absolute atomic E-state index is 0.0242. The fourth-order valence-electron chi connectivity index (χ4n) is 5.53. The van der Waals surface area contributed by atoms with Crippen molar-refractivity contribution in [1.29, 1.82) is 0 Å². The Balaban J connectivity index is 1.29. The van der Waals surface area contributed by atoms with E-state index in [1.165, 1.54) is 23.9 Å². The number of fused-ring (bicyclic) bond motifs is 1. The van der Waals surface area contributed by atoms with Gasteiger partial charge >= 0.3 is 12.1 Å². The quantitative estimate of drug-likeness (QED) is 0.184. The molecule has 10 heteroatoms. The number of aliphatic carboxylic acids is 1. The van der Waals surface area contributed by atoms with Crippen molar-refractivity contribution in [2.75, 3.05) is 32.5 Å². The number of aliphatic hydroxyl groups is 1. The van der Waals surface area contributed by atoms with Gasteiger partial charge in [-0.1, -0.05) is 6.07 Å². The van der Waals surface area contributed by atoms with Crippen LogP contribution in [0.25, 0.3) is 10.9 Å². The molecule has 1 aromatic heterocycles. The number of benzene rings is 2. The first-order valence-corrected chi connectivity index (χ1v) is 14.5. The standard InChI is InChI=1S/C30H35F3N2O4S/c1-39-23-7-8-27-26(18-23)25(10-12-34-27)28(36)9-6-20-11-14-35(19-21(20)16-29(37)38)13-3-15-40-24-5-2-4-22(17-24)30(31,32)33/h2,4-5,7-8,10,12,17-18,20-21,28,36H,3,6,9,11,13-16,19H2,1H3,(H,37,38)/t20-,21+,28+/m1/s1. The third-order valence-electron chi connectivity index (χ3n) is 7.61.